The van der Waals surface area contributed by atoms with Gasteiger partial charge in [0.15, 0.2) is 9.84 Å². The van der Waals surface area contributed by atoms with Crippen LogP contribution >= 0.6 is 11.6 Å². The number of para-hydroxylation sites is 1. The summed E-state index contributed by atoms with van der Waals surface area (Å²) in [5.74, 6) is -2.69. The summed E-state index contributed by atoms with van der Waals surface area (Å²) in [6, 6.07) is 11.6. The standard InChI is InChI=1S/C18H18ClN3O5S/c19-12-5-7-13(8-6-12)28(26,27)11-17(24)22-15-4-2-1-3-14(15)18(25)21-10-9-16(20)23/h1-8H,9-11H2,(H2,20,23)(H,21,25)(H,22,24). The highest BCUT2D eigenvalue weighted by molar-refractivity contribution is 7.92. The topological polar surface area (TPSA) is 135 Å². The number of anilines is 1. The van der Waals surface area contributed by atoms with E-state index in [1.165, 1.54) is 36.4 Å². The molecule has 0 atom stereocenters. The van der Waals surface area contributed by atoms with Crippen molar-refractivity contribution in [2.24, 2.45) is 5.73 Å². The average Bonchev–Trinajstić information content (AvgIpc) is 2.61. The van der Waals surface area contributed by atoms with Gasteiger partial charge >= 0.3 is 0 Å². The summed E-state index contributed by atoms with van der Waals surface area (Å²) in [5.41, 5.74) is 5.29. The number of benzene rings is 2. The highest BCUT2D eigenvalue weighted by Crippen LogP contribution is 2.18. The molecule has 3 amide bonds. The summed E-state index contributed by atoms with van der Waals surface area (Å²) in [4.78, 5) is 35.2. The SMILES string of the molecule is NC(=O)CCNC(=O)c1ccccc1NC(=O)CS(=O)(=O)c1ccc(Cl)cc1. The molecule has 0 heterocycles. The zero-order chi connectivity index (χ0) is 20.7. The maximum atomic E-state index is 12.3. The third-order valence-electron chi connectivity index (χ3n) is 3.60. The first kappa shape index (κ1) is 21.4. The fourth-order valence-electron chi connectivity index (χ4n) is 2.27. The Morgan fingerprint density at radius 3 is 2.29 bits per heavy atom. The molecule has 0 radical (unpaired) electrons. The summed E-state index contributed by atoms with van der Waals surface area (Å²) >= 11 is 5.74. The van der Waals surface area contributed by atoms with Crippen LogP contribution in [0.2, 0.25) is 5.02 Å². The van der Waals surface area contributed by atoms with Crippen molar-refractivity contribution >= 4 is 44.8 Å². The third kappa shape index (κ3) is 6.07. The van der Waals surface area contributed by atoms with Gasteiger partial charge in [0.05, 0.1) is 16.1 Å². The number of carbonyl (C=O) groups excluding carboxylic acids is 3. The van der Waals surface area contributed by atoms with Gasteiger partial charge in [-0.1, -0.05) is 23.7 Å². The lowest BCUT2D eigenvalue weighted by molar-refractivity contribution is -0.118. The quantitative estimate of drug-likeness (QED) is 0.589. The second-order valence-corrected chi connectivity index (χ2v) is 8.20. The van der Waals surface area contributed by atoms with E-state index in [4.69, 9.17) is 17.3 Å². The van der Waals surface area contributed by atoms with E-state index in [-0.39, 0.29) is 29.1 Å². The first-order valence-corrected chi connectivity index (χ1v) is 10.2. The summed E-state index contributed by atoms with van der Waals surface area (Å²) in [7, 11) is -3.88. The van der Waals surface area contributed by atoms with Crippen LogP contribution in [-0.2, 0) is 19.4 Å². The van der Waals surface area contributed by atoms with Gasteiger partial charge in [0.1, 0.15) is 5.75 Å². The molecule has 4 N–H and O–H groups in total. The molecule has 2 aromatic carbocycles. The minimum absolute atomic E-state index is 0.0282. The Morgan fingerprint density at radius 2 is 1.64 bits per heavy atom. The molecule has 0 bridgehead atoms. The van der Waals surface area contributed by atoms with Crippen LogP contribution in [0.4, 0.5) is 5.69 Å². The Bertz CT molecular complexity index is 991. The number of hydrogen-bond acceptors (Lipinski definition) is 5. The second kappa shape index (κ2) is 9.34. The van der Waals surface area contributed by atoms with Crippen molar-refractivity contribution in [1.29, 1.82) is 0 Å². The lowest BCUT2D eigenvalue weighted by atomic mass is 10.1. The lowest BCUT2D eigenvalue weighted by Crippen LogP contribution is -2.29. The normalized spacial score (nSPS) is 10.9. The van der Waals surface area contributed by atoms with Crippen LogP contribution in [0.1, 0.15) is 16.8 Å². The molecule has 0 unspecified atom stereocenters. The van der Waals surface area contributed by atoms with Crippen molar-refractivity contribution in [3.8, 4) is 0 Å². The Kier molecular flexibility index (Phi) is 7.13. The number of nitrogens with two attached hydrogens (primary N) is 1. The molecule has 28 heavy (non-hydrogen) atoms. The van der Waals surface area contributed by atoms with Gasteiger partial charge in [-0.3, -0.25) is 14.4 Å². The highest BCUT2D eigenvalue weighted by atomic mass is 35.5. The average molecular weight is 424 g/mol. The number of sulfone groups is 1. The summed E-state index contributed by atoms with van der Waals surface area (Å²) in [6.07, 6.45) is -0.0282. The third-order valence-corrected chi connectivity index (χ3v) is 5.48. The van der Waals surface area contributed by atoms with Crippen LogP contribution < -0.4 is 16.4 Å². The molecule has 148 valence electrons. The van der Waals surface area contributed by atoms with Gasteiger partial charge in [-0.05, 0) is 36.4 Å². The van der Waals surface area contributed by atoms with Crippen LogP contribution in [0, 0.1) is 0 Å². The molecule has 0 saturated heterocycles. The molecule has 0 saturated carbocycles. The Hall–Kier alpha value is -2.91. The molecular weight excluding hydrogens is 406 g/mol. The summed E-state index contributed by atoms with van der Waals surface area (Å²) in [5, 5.41) is 5.31. The summed E-state index contributed by atoms with van der Waals surface area (Å²) in [6.45, 7) is 0.0430. The predicted octanol–water partition coefficient (Wildman–Crippen LogP) is 1.36. The van der Waals surface area contributed by atoms with Crippen molar-refractivity contribution in [2.45, 2.75) is 11.3 Å². The molecule has 8 nitrogen and oxygen atoms in total. The number of amides is 3. The van der Waals surface area contributed by atoms with E-state index >= 15 is 0 Å². The smallest absolute Gasteiger partial charge is 0.253 e. The van der Waals surface area contributed by atoms with Crippen molar-refractivity contribution in [3.63, 3.8) is 0 Å². The molecule has 0 aliphatic rings. The number of carbonyl (C=O) groups is 3. The number of rotatable bonds is 8. The Morgan fingerprint density at radius 1 is 1.00 bits per heavy atom. The zero-order valence-electron chi connectivity index (χ0n) is 14.6. The van der Waals surface area contributed by atoms with Crippen molar-refractivity contribution in [3.05, 3.63) is 59.1 Å². The van der Waals surface area contributed by atoms with Crippen LogP contribution in [0.15, 0.2) is 53.4 Å². The minimum Gasteiger partial charge on any atom is -0.370 e. The largest absolute Gasteiger partial charge is 0.370 e. The van der Waals surface area contributed by atoms with Crippen molar-refractivity contribution in [2.75, 3.05) is 17.6 Å². The van der Waals surface area contributed by atoms with E-state index in [2.05, 4.69) is 10.6 Å². The van der Waals surface area contributed by atoms with Gasteiger partial charge in [0.2, 0.25) is 11.8 Å². The fraction of sp³-hybridized carbons (Fsp3) is 0.167. The van der Waals surface area contributed by atoms with E-state index in [1.807, 2.05) is 0 Å². The molecule has 0 aliphatic carbocycles. The highest BCUT2D eigenvalue weighted by Gasteiger charge is 2.21. The predicted molar refractivity (Wildman–Crippen MR) is 105 cm³/mol. The van der Waals surface area contributed by atoms with E-state index < -0.39 is 33.3 Å². The number of hydrogen-bond donors (Lipinski definition) is 3. The molecule has 2 aromatic rings. The minimum atomic E-state index is -3.88. The number of halogens is 1. The van der Waals surface area contributed by atoms with E-state index in [0.717, 1.165) is 0 Å². The van der Waals surface area contributed by atoms with Crippen LogP contribution in [-0.4, -0.2) is 38.4 Å². The van der Waals surface area contributed by atoms with Crippen LogP contribution in [0.25, 0.3) is 0 Å². The fourth-order valence-corrected chi connectivity index (χ4v) is 3.53. The first-order valence-electron chi connectivity index (χ1n) is 8.13. The lowest BCUT2D eigenvalue weighted by Gasteiger charge is -2.11. The molecule has 0 aliphatic heterocycles. The van der Waals surface area contributed by atoms with E-state index in [0.29, 0.717) is 5.02 Å². The second-order valence-electron chi connectivity index (χ2n) is 5.78. The van der Waals surface area contributed by atoms with Gasteiger partial charge in [0, 0.05) is 18.0 Å². The van der Waals surface area contributed by atoms with Gasteiger partial charge < -0.3 is 16.4 Å². The van der Waals surface area contributed by atoms with Gasteiger partial charge in [-0.15, -0.1) is 0 Å². The molecule has 0 spiro atoms. The van der Waals surface area contributed by atoms with Crippen molar-refractivity contribution < 1.29 is 22.8 Å². The Labute approximate surface area is 167 Å². The molecule has 2 rings (SSSR count). The molecular formula is C18H18ClN3O5S. The monoisotopic (exact) mass is 423 g/mol. The van der Waals surface area contributed by atoms with Gasteiger partial charge in [-0.2, -0.15) is 0 Å². The van der Waals surface area contributed by atoms with Gasteiger partial charge in [0.25, 0.3) is 5.91 Å². The maximum absolute atomic E-state index is 12.3. The Balaban J connectivity index is 2.08. The van der Waals surface area contributed by atoms with Crippen LogP contribution in [0.3, 0.4) is 0 Å². The zero-order valence-corrected chi connectivity index (χ0v) is 16.2. The van der Waals surface area contributed by atoms with Crippen molar-refractivity contribution in [1.82, 2.24) is 5.32 Å². The molecule has 10 heteroatoms. The first-order chi connectivity index (χ1) is 13.2. The number of nitrogens with one attached hydrogen (secondary N) is 2. The van der Waals surface area contributed by atoms with Crippen LogP contribution in [0.5, 0.6) is 0 Å². The van der Waals surface area contributed by atoms with E-state index in [1.54, 1.807) is 12.1 Å². The maximum Gasteiger partial charge on any atom is 0.253 e. The molecule has 0 fully saturated rings. The summed E-state index contributed by atoms with van der Waals surface area (Å²) < 4.78 is 24.7. The number of primary amides is 1. The van der Waals surface area contributed by atoms with E-state index in [9.17, 15) is 22.8 Å². The van der Waals surface area contributed by atoms with Gasteiger partial charge in [-0.25, -0.2) is 8.42 Å². The molecule has 0 aromatic heterocycles.